The van der Waals surface area contributed by atoms with E-state index in [0.29, 0.717) is 19.7 Å². The molecule has 1 aromatic rings. The maximum atomic E-state index is 12.1. The number of carbonyl (C=O) groups excluding carboxylic acids is 1. The van der Waals surface area contributed by atoms with Gasteiger partial charge in [-0.05, 0) is 50.9 Å². The SMILES string of the molecule is Cc1cccc(OCCCNC(=O)CN2CCC(N(C)CC(=O)O)CC2)c1.Cl. The Morgan fingerprint density at radius 2 is 2.04 bits per heavy atom. The standard InChI is InChI=1S/C20H31N3O4.ClH/c1-16-5-3-6-18(13-16)27-12-4-9-21-19(24)14-23-10-7-17(8-11-23)22(2)15-20(25)26;/h3,5-6,13,17H,4,7-12,14-15H2,1-2H3,(H,21,24)(H,25,26);1H. The number of hydrogen-bond donors (Lipinski definition) is 2. The van der Waals surface area contributed by atoms with Gasteiger partial charge in [0.15, 0.2) is 0 Å². The summed E-state index contributed by atoms with van der Waals surface area (Å²) in [5.74, 6) is 0.0886. The topological polar surface area (TPSA) is 82.1 Å². The van der Waals surface area contributed by atoms with Crippen LogP contribution >= 0.6 is 12.4 Å². The largest absolute Gasteiger partial charge is 0.494 e. The summed E-state index contributed by atoms with van der Waals surface area (Å²) in [6.45, 7) is 5.30. The second-order valence-electron chi connectivity index (χ2n) is 7.18. The van der Waals surface area contributed by atoms with Gasteiger partial charge in [0.25, 0.3) is 0 Å². The first-order chi connectivity index (χ1) is 12.9. The Hall–Kier alpha value is -1.83. The first-order valence-electron chi connectivity index (χ1n) is 9.54. The number of rotatable bonds is 10. The third-order valence-corrected chi connectivity index (χ3v) is 4.83. The van der Waals surface area contributed by atoms with Gasteiger partial charge in [0.2, 0.25) is 5.91 Å². The van der Waals surface area contributed by atoms with Crippen molar-refractivity contribution in [2.24, 2.45) is 0 Å². The molecule has 158 valence electrons. The van der Waals surface area contributed by atoms with Crippen molar-refractivity contribution in [2.45, 2.75) is 32.2 Å². The number of benzene rings is 1. The van der Waals surface area contributed by atoms with E-state index in [1.807, 2.05) is 43.1 Å². The Labute approximate surface area is 173 Å². The molecule has 1 saturated heterocycles. The van der Waals surface area contributed by atoms with Crippen molar-refractivity contribution in [1.29, 1.82) is 0 Å². The highest BCUT2D eigenvalue weighted by Gasteiger charge is 2.24. The molecule has 0 saturated carbocycles. The fourth-order valence-corrected chi connectivity index (χ4v) is 3.31. The highest BCUT2D eigenvalue weighted by atomic mass is 35.5. The van der Waals surface area contributed by atoms with E-state index < -0.39 is 5.97 Å². The molecule has 0 unspecified atom stereocenters. The number of nitrogens with zero attached hydrogens (tertiary/aromatic N) is 2. The van der Waals surface area contributed by atoms with Crippen LogP contribution in [0.15, 0.2) is 24.3 Å². The van der Waals surface area contributed by atoms with Crippen LogP contribution in [-0.4, -0.2) is 79.2 Å². The number of hydrogen-bond acceptors (Lipinski definition) is 5. The van der Waals surface area contributed by atoms with Gasteiger partial charge in [0, 0.05) is 25.7 Å². The molecule has 0 aromatic heterocycles. The molecule has 7 nitrogen and oxygen atoms in total. The molecule has 0 bridgehead atoms. The van der Waals surface area contributed by atoms with E-state index in [4.69, 9.17) is 9.84 Å². The van der Waals surface area contributed by atoms with Crippen LogP contribution in [0.3, 0.4) is 0 Å². The lowest BCUT2D eigenvalue weighted by atomic mass is 10.0. The van der Waals surface area contributed by atoms with Crippen molar-refractivity contribution < 1.29 is 19.4 Å². The fourth-order valence-electron chi connectivity index (χ4n) is 3.31. The minimum Gasteiger partial charge on any atom is -0.494 e. The summed E-state index contributed by atoms with van der Waals surface area (Å²) in [5.41, 5.74) is 1.17. The summed E-state index contributed by atoms with van der Waals surface area (Å²) < 4.78 is 5.67. The van der Waals surface area contributed by atoms with Crippen LogP contribution < -0.4 is 10.1 Å². The number of carbonyl (C=O) groups is 2. The third kappa shape index (κ3) is 8.91. The van der Waals surface area contributed by atoms with Crippen molar-refractivity contribution in [3.8, 4) is 5.75 Å². The summed E-state index contributed by atoms with van der Waals surface area (Å²) in [7, 11) is 1.85. The zero-order valence-corrected chi connectivity index (χ0v) is 17.5. The van der Waals surface area contributed by atoms with Crippen LogP contribution in [0, 0.1) is 6.92 Å². The van der Waals surface area contributed by atoms with Crippen LogP contribution in [0.1, 0.15) is 24.8 Å². The summed E-state index contributed by atoms with van der Waals surface area (Å²) in [6.07, 6.45) is 2.55. The maximum absolute atomic E-state index is 12.1. The predicted octanol–water partition coefficient (Wildman–Crippen LogP) is 1.78. The Balaban J connectivity index is 0.00000392. The van der Waals surface area contributed by atoms with E-state index >= 15 is 0 Å². The summed E-state index contributed by atoms with van der Waals surface area (Å²) in [6, 6.07) is 8.20. The summed E-state index contributed by atoms with van der Waals surface area (Å²) in [4.78, 5) is 26.9. The number of ether oxygens (including phenoxy) is 1. The number of amides is 1. The molecule has 1 fully saturated rings. The molecule has 0 aliphatic carbocycles. The second kappa shape index (κ2) is 12.6. The smallest absolute Gasteiger partial charge is 0.317 e. The number of aliphatic carboxylic acids is 1. The number of halogens is 1. The highest BCUT2D eigenvalue weighted by Crippen LogP contribution is 2.15. The number of nitrogens with one attached hydrogen (secondary N) is 1. The molecule has 2 rings (SSSR count). The van der Waals surface area contributed by atoms with Gasteiger partial charge < -0.3 is 15.2 Å². The van der Waals surface area contributed by atoms with Gasteiger partial charge in [-0.2, -0.15) is 0 Å². The Bertz CT molecular complexity index is 621. The zero-order valence-electron chi connectivity index (χ0n) is 16.7. The van der Waals surface area contributed by atoms with Gasteiger partial charge in [-0.3, -0.25) is 19.4 Å². The number of carboxylic acids is 1. The Morgan fingerprint density at radius 1 is 1.32 bits per heavy atom. The first-order valence-corrected chi connectivity index (χ1v) is 9.54. The lowest BCUT2D eigenvalue weighted by Crippen LogP contribution is -2.47. The van der Waals surface area contributed by atoms with E-state index in [1.165, 1.54) is 5.56 Å². The molecule has 0 spiro atoms. The quantitative estimate of drug-likeness (QED) is 0.569. The monoisotopic (exact) mass is 413 g/mol. The average molecular weight is 414 g/mol. The van der Waals surface area contributed by atoms with E-state index in [-0.39, 0.29) is 30.9 Å². The normalized spacial score (nSPS) is 15.1. The van der Waals surface area contributed by atoms with Crippen molar-refractivity contribution in [2.75, 3.05) is 46.4 Å². The second-order valence-corrected chi connectivity index (χ2v) is 7.18. The predicted molar refractivity (Wildman–Crippen MR) is 111 cm³/mol. The number of aryl methyl sites for hydroxylation is 1. The van der Waals surface area contributed by atoms with Crippen molar-refractivity contribution >= 4 is 24.3 Å². The van der Waals surface area contributed by atoms with Crippen LogP contribution in [0.5, 0.6) is 5.75 Å². The molecule has 1 amide bonds. The molecular formula is C20H32ClN3O4. The molecule has 8 heteroatoms. The molecule has 0 atom stereocenters. The molecular weight excluding hydrogens is 382 g/mol. The van der Waals surface area contributed by atoms with Gasteiger partial charge in [0.05, 0.1) is 19.7 Å². The number of piperidine rings is 1. The molecule has 28 heavy (non-hydrogen) atoms. The zero-order chi connectivity index (χ0) is 19.6. The molecule has 1 heterocycles. The van der Waals surface area contributed by atoms with Crippen LogP contribution in [-0.2, 0) is 9.59 Å². The summed E-state index contributed by atoms with van der Waals surface area (Å²) in [5, 5.41) is 11.8. The maximum Gasteiger partial charge on any atom is 0.317 e. The van der Waals surface area contributed by atoms with E-state index in [2.05, 4.69) is 10.2 Å². The average Bonchev–Trinajstić information content (AvgIpc) is 2.61. The lowest BCUT2D eigenvalue weighted by molar-refractivity contribution is -0.138. The van der Waals surface area contributed by atoms with E-state index in [9.17, 15) is 9.59 Å². The number of carboxylic acid groups (broad SMARTS) is 1. The van der Waals surface area contributed by atoms with Gasteiger partial charge >= 0.3 is 5.97 Å². The molecule has 0 radical (unpaired) electrons. The van der Waals surface area contributed by atoms with Gasteiger partial charge in [-0.15, -0.1) is 12.4 Å². The molecule has 1 aliphatic heterocycles. The highest BCUT2D eigenvalue weighted by molar-refractivity contribution is 5.85. The van der Waals surface area contributed by atoms with Crippen molar-refractivity contribution in [1.82, 2.24) is 15.1 Å². The third-order valence-electron chi connectivity index (χ3n) is 4.83. The number of likely N-dealkylation sites (N-methyl/N-ethyl adjacent to an activating group) is 1. The minimum absolute atomic E-state index is 0. The van der Waals surface area contributed by atoms with Crippen molar-refractivity contribution in [3.63, 3.8) is 0 Å². The summed E-state index contributed by atoms with van der Waals surface area (Å²) >= 11 is 0. The van der Waals surface area contributed by atoms with E-state index in [0.717, 1.165) is 38.1 Å². The first kappa shape index (κ1) is 24.2. The van der Waals surface area contributed by atoms with Gasteiger partial charge in [-0.25, -0.2) is 0 Å². The Kier molecular flexibility index (Phi) is 10.9. The van der Waals surface area contributed by atoms with E-state index in [1.54, 1.807) is 0 Å². The minimum atomic E-state index is -0.800. The fraction of sp³-hybridized carbons (Fsp3) is 0.600. The Morgan fingerprint density at radius 3 is 2.68 bits per heavy atom. The van der Waals surface area contributed by atoms with Crippen LogP contribution in [0.2, 0.25) is 0 Å². The molecule has 2 N–H and O–H groups in total. The van der Waals surface area contributed by atoms with Crippen molar-refractivity contribution in [3.05, 3.63) is 29.8 Å². The molecule has 1 aliphatic rings. The number of likely N-dealkylation sites (tertiary alicyclic amines) is 1. The van der Waals surface area contributed by atoms with Crippen LogP contribution in [0.4, 0.5) is 0 Å². The van der Waals surface area contributed by atoms with Gasteiger partial charge in [-0.1, -0.05) is 12.1 Å². The molecule has 1 aromatic carbocycles. The lowest BCUT2D eigenvalue weighted by Gasteiger charge is -2.35. The van der Waals surface area contributed by atoms with Crippen LogP contribution in [0.25, 0.3) is 0 Å². The van der Waals surface area contributed by atoms with Gasteiger partial charge in [0.1, 0.15) is 5.75 Å².